The zero-order valence-electron chi connectivity index (χ0n) is 17.8. The molecular formula is C24H32Cl2O4. The third-order valence-electron chi connectivity index (χ3n) is 4.47. The molecule has 166 valence electrons. The van der Waals surface area contributed by atoms with Crippen LogP contribution in [0.3, 0.4) is 0 Å². The number of esters is 2. The van der Waals surface area contributed by atoms with Crippen molar-refractivity contribution in [1.29, 1.82) is 0 Å². The molecule has 30 heavy (non-hydrogen) atoms. The SMILES string of the molecule is CCCCCCCCCCC#CCOC(=O)CCCC(=O)Oc1ccc(Cl)cc1Cl. The minimum absolute atomic E-state index is 0.0954. The van der Waals surface area contributed by atoms with Crippen molar-refractivity contribution < 1.29 is 19.1 Å². The fraction of sp³-hybridized carbons (Fsp3) is 0.583. The molecule has 0 amide bonds. The zero-order chi connectivity index (χ0) is 22.0. The van der Waals surface area contributed by atoms with Crippen LogP contribution in [0.5, 0.6) is 5.75 Å². The van der Waals surface area contributed by atoms with E-state index in [1.165, 1.54) is 57.1 Å². The zero-order valence-corrected chi connectivity index (χ0v) is 19.3. The second-order valence-electron chi connectivity index (χ2n) is 7.14. The number of unbranched alkanes of at least 4 members (excludes halogenated alkanes) is 8. The molecule has 0 N–H and O–H groups in total. The van der Waals surface area contributed by atoms with Gasteiger partial charge in [-0.15, -0.1) is 0 Å². The molecule has 0 saturated carbocycles. The highest BCUT2D eigenvalue weighted by Gasteiger charge is 2.10. The van der Waals surface area contributed by atoms with Gasteiger partial charge in [-0.05, 0) is 31.0 Å². The van der Waals surface area contributed by atoms with Crippen LogP contribution < -0.4 is 4.74 Å². The normalized spacial score (nSPS) is 10.2. The summed E-state index contributed by atoms with van der Waals surface area (Å²) in [4.78, 5) is 23.5. The van der Waals surface area contributed by atoms with Gasteiger partial charge in [0.1, 0.15) is 5.75 Å². The van der Waals surface area contributed by atoms with E-state index < -0.39 is 5.97 Å². The summed E-state index contributed by atoms with van der Waals surface area (Å²) in [5, 5.41) is 0.726. The highest BCUT2D eigenvalue weighted by atomic mass is 35.5. The third kappa shape index (κ3) is 13.5. The molecule has 1 aromatic rings. The Balaban J connectivity index is 2.02. The molecule has 0 atom stereocenters. The standard InChI is InChI=1S/C24H32Cl2O4/c1-2-3-4-5-6-7-8-9-10-11-12-18-29-23(27)14-13-15-24(28)30-22-17-16-20(25)19-21(22)26/h16-17,19H,2-10,13-15,18H2,1H3. The highest BCUT2D eigenvalue weighted by molar-refractivity contribution is 6.35. The first kappa shape index (κ1) is 26.3. The van der Waals surface area contributed by atoms with E-state index in [1.54, 1.807) is 6.07 Å². The van der Waals surface area contributed by atoms with Crippen molar-refractivity contribution in [1.82, 2.24) is 0 Å². The van der Waals surface area contributed by atoms with Gasteiger partial charge in [0.05, 0.1) is 5.02 Å². The van der Waals surface area contributed by atoms with E-state index in [1.807, 2.05) is 0 Å². The van der Waals surface area contributed by atoms with E-state index in [2.05, 4.69) is 18.8 Å². The van der Waals surface area contributed by atoms with Crippen molar-refractivity contribution in [2.24, 2.45) is 0 Å². The minimum atomic E-state index is -0.461. The number of ether oxygens (including phenoxy) is 2. The Hall–Kier alpha value is -1.70. The van der Waals surface area contributed by atoms with Gasteiger partial charge in [-0.25, -0.2) is 0 Å². The Labute approximate surface area is 190 Å². The number of carbonyl (C=O) groups is 2. The molecule has 6 heteroatoms. The van der Waals surface area contributed by atoms with E-state index >= 15 is 0 Å². The molecule has 1 rings (SSSR count). The molecule has 0 unspecified atom stereocenters. The monoisotopic (exact) mass is 454 g/mol. The first-order valence-corrected chi connectivity index (χ1v) is 11.6. The summed E-state index contributed by atoms with van der Waals surface area (Å²) in [6, 6.07) is 4.62. The molecule has 0 aliphatic rings. The van der Waals surface area contributed by atoms with Crippen LogP contribution in [0.15, 0.2) is 18.2 Å². The number of halogens is 2. The Bertz CT molecular complexity index is 707. The summed E-state index contributed by atoms with van der Waals surface area (Å²) in [5.41, 5.74) is 0. The van der Waals surface area contributed by atoms with Gasteiger partial charge in [-0.2, -0.15) is 0 Å². The number of hydrogen-bond donors (Lipinski definition) is 0. The summed E-state index contributed by atoms with van der Waals surface area (Å²) in [6.07, 6.45) is 11.6. The Morgan fingerprint density at radius 3 is 2.23 bits per heavy atom. The molecule has 0 bridgehead atoms. The smallest absolute Gasteiger partial charge is 0.311 e. The summed E-state index contributed by atoms with van der Waals surface area (Å²) in [7, 11) is 0. The average Bonchev–Trinajstić information content (AvgIpc) is 2.71. The van der Waals surface area contributed by atoms with E-state index in [9.17, 15) is 9.59 Å². The summed E-state index contributed by atoms with van der Waals surface area (Å²) < 4.78 is 10.2. The molecule has 0 radical (unpaired) electrons. The minimum Gasteiger partial charge on any atom is -0.452 e. The molecule has 0 heterocycles. The maximum Gasteiger partial charge on any atom is 0.311 e. The van der Waals surface area contributed by atoms with Crippen LogP contribution >= 0.6 is 23.2 Å². The number of hydrogen-bond acceptors (Lipinski definition) is 4. The summed E-state index contributed by atoms with van der Waals surface area (Å²) in [6.45, 7) is 2.33. The lowest BCUT2D eigenvalue weighted by Gasteiger charge is -2.06. The number of benzene rings is 1. The van der Waals surface area contributed by atoms with Gasteiger partial charge >= 0.3 is 11.9 Å². The van der Waals surface area contributed by atoms with Crippen LogP contribution in [0.25, 0.3) is 0 Å². The van der Waals surface area contributed by atoms with Gasteiger partial charge in [0, 0.05) is 24.3 Å². The van der Waals surface area contributed by atoms with E-state index in [0.29, 0.717) is 11.4 Å². The predicted molar refractivity (Wildman–Crippen MR) is 122 cm³/mol. The van der Waals surface area contributed by atoms with Crippen LogP contribution in [-0.2, 0) is 14.3 Å². The molecule has 0 aliphatic heterocycles. The van der Waals surface area contributed by atoms with Crippen molar-refractivity contribution in [3.63, 3.8) is 0 Å². The Morgan fingerprint density at radius 1 is 0.867 bits per heavy atom. The Kier molecular flexibility index (Phi) is 14.9. The van der Waals surface area contributed by atoms with Crippen molar-refractivity contribution in [3.8, 4) is 17.6 Å². The molecule has 4 nitrogen and oxygen atoms in total. The van der Waals surface area contributed by atoms with Crippen molar-refractivity contribution in [2.45, 2.75) is 84.0 Å². The van der Waals surface area contributed by atoms with Crippen LogP contribution in [0.1, 0.15) is 84.0 Å². The van der Waals surface area contributed by atoms with Crippen LogP contribution in [-0.4, -0.2) is 18.5 Å². The molecule has 0 saturated heterocycles. The van der Waals surface area contributed by atoms with Gasteiger partial charge in [0.15, 0.2) is 6.61 Å². The fourth-order valence-corrected chi connectivity index (χ4v) is 3.23. The van der Waals surface area contributed by atoms with E-state index in [0.717, 1.165) is 12.8 Å². The molecule has 0 spiro atoms. The molecule has 0 fully saturated rings. The highest BCUT2D eigenvalue weighted by Crippen LogP contribution is 2.27. The lowest BCUT2D eigenvalue weighted by molar-refractivity contribution is -0.142. The first-order valence-electron chi connectivity index (χ1n) is 10.8. The summed E-state index contributed by atoms with van der Waals surface area (Å²) in [5.74, 6) is 5.33. The van der Waals surface area contributed by atoms with Crippen molar-refractivity contribution in [2.75, 3.05) is 6.61 Å². The lowest BCUT2D eigenvalue weighted by Crippen LogP contribution is -2.10. The first-order chi connectivity index (χ1) is 14.5. The van der Waals surface area contributed by atoms with E-state index in [4.69, 9.17) is 32.7 Å². The van der Waals surface area contributed by atoms with Crippen LogP contribution in [0.2, 0.25) is 10.0 Å². The topological polar surface area (TPSA) is 52.6 Å². The number of rotatable bonds is 14. The third-order valence-corrected chi connectivity index (χ3v) is 5.00. The predicted octanol–water partition coefficient (Wildman–Crippen LogP) is 7.15. The van der Waals surface area contributed by atoms with Gasteiger partial charge in [-0.1, -0.05) is 86.9 Å². The largest absolute Gasteiger partial charge is 0.452 e. The van der Waals surface area contributed by atoms with Crippen LogP contribution in [0.4, 0.5) is 0 Å². The maximum absolute atomic E-state index is 11.8. The molecular weight excluding hydrogens is 423 g/mol. The molecule has 0 aliphatic carbocycles. The Morgan fingerprint density at radius 2 is 1.53 bits per heavy atom. The summed E-state index contributed by atoms with van der Waals surface area (Å²) >= 11 is 11.7. The molecule has 1 aromatic carbocycles. The van der Waals surface area contributed by atoms with Crippen molar-refractivity contribution >= 4 is 35.1 Å². The van der Waals surface area contributed by atoms with Gasteiger partial charge in [0.25, 0.3) is 0 Å². The van der Waals surface area contributed by atoms with Crippen LogP contribution in [0, 0.1) is 11.8 Å². The second-order valence-corrected chi connectivity index (χ2v) is 7.99. The fourth-order valence-electron chi connectivity index (χ4n) is 2.78. The molecule has 0 aromatic heterocycles. The van der Waals surface area contributed by atoms with Gasteiger partial charge < -0.3 is 9.47 Å². The second kappa shape index (κ2) is 17.0. The van der Waals surface area contributed by atoms with Crippen molar-refractivity contribution in [3.05, 3.63) is 28.2 Å². The van der Waals surface area contributed by atoms with Gasteiger partial charge in [0.2, 0.25) is 0 Å². The quantitative estimate of drug-likeness (QED) is 0.129. The maximum atomic E-state index is 11.8. The lowest BCUT2D eigenvalue weighted by atomic mass is 10.1. The van der Waals surface area contributed by atoms with Gasteiger partial charge in [-0.3, -0.25) is 9.59 Å². The average molecular weight is 455 g/mol. The number of carbonyl (C=O) groups excluding carboxylic acids is 2. The van der Waals surface area contributed by atoms with E-state index in [-0.39, 0.29) is 36.2 Å².